The number of anilines is 2. The van der Waals surface area contributed by atoms with E-state index in [-0.39, 0.29) is 5.82 Å². The molecule has 5 N–H and O–H groups in total. The first-order valence-corrected chi connectivity index (χ1v) is 12.3. The number of aromatic nitrogens is 2. The van der Waals surface area contributed by atoms with E-state index in [1.54, 1.807) is 33.4 Å². The lowest BCUT2D eigenvalue weighted by molar-refractivity contribution is 0.297. The number of nitrogens with one attached hydrogen (secondary N) is 3. The molecule has 2 aromatic rings. The van der Waals surface area contributed by atoms with Gasteiger partial charge in [0.05, 0.1) is 12.8 Å². The molecule has 2 rings (SSSR count). The van der Waals surface area contributed by atoms with Crippen molar-refractivity contribution >= 4 is 35.3 Å². The second-order valence-corrected chi connectivity index (χ2v) is 8.51. The minimum atomic E-state index is -0.366. The molecule has 0 saturated carbocycles. The van der Waals surface area contributed by atoms with Gasteiger partial charge in [-0.2, -0.15) is 5.10 Å². The number of ether oxygens (including phenoxy) is 1. The zero-order valence-electron chi connectivity index (χ0n) is 21.3. The van der Waals surface area contributed by atoms with Crippen LogP contribution in [0, 0.1) is 12.7 Å². The number of rotatable bonds is 10. The van der Waals surface area contributed by atoms with Crippen LogP contribution in [0.5, 0.6) is 0 Å². The van der Waals surface area contributed by atoms with Crippen LogP contribution in [0.1, 0.15) is 32.9 Å². The number of aromatic amines is 1. The van der Waals surface area contributed by atoms with Gasteiger partial charge in [-0.05, 0) is 51.6 Å². The standard InChI is InChI=1S/C25H34FN7OS/c1-8-15(2)23(18(13-27)14-28-5)24(34-6)25(31-22-11-16(3)32-33-22)30-17(4)29-21-10-9-19(35-7)12-20(21)26/h9-14H,8,27H2,1-7H3,(H,29,30)(H2,31,32,33)/b18-13+,23-15+,25-24-,28-14?. The summed E-state index contributed by atoms with van der Waals surface area (Å²) in [5.41, 5.74) is 9.60. The van der Waals surface area contributed by atoms with Crippen LogP contribution in [0.4, 0.5) is 15.9 Å². The van der Waals surface area contributed by atoms with E-state index in [1.807, 2.05) is 39.2 Å². The topological polar surface area (TPSA) is 113 Å². The van der Waals surface area contributed by atoms with Gasteiger partial charge in [0, 0.05) is 47.3 Å². The van der Waals surface area contributed by atoms with Gasteiger partial charge in [0.1, 0.15) is 11.7 Å². The first kappa shape index (κ1) is 27.7. The molecule has 1 aromatic heterocycles. The summed E-state index contributed by atoms with van der Waals surface area (Å²) in [4.78, 5) is 9.69. The first-order valence-electron chi connectivity index (χ1n) is 11.1. The lowest BCUT2D eigenvalue weighted by atomic mass is 9.98. The van der Waals surface area contributed by atoms with Gasteiger partial charge in [-0.1, -0.05) is 12.5 Å². The normalized spacial score (nSPS) is 14.1. The average Bonchev–Trinajstić information content (AvgIpc) is 3.26. The van der Waals surface area contributed by atoms with Crippen molar-refractivity contribution in [2.24, 2.45) is 15.7 Å². The van der Waals surface area contributed by atoms with E-state index in [2.05, 4.69) is 25.8 Å². The van der Waals surface area contributed by atoms with Crippen molar-refractivity contribution < 1.29 is 9.13 Å². The van der Waals surface area contributed by atoms with Crippen LogP contribution in [0.3, 0.4) is 0 Å². The molecule has 8 nitrogen and oxygen atoms in total. The molecule has 0 amide bonds. The highest BCUT2D eigenvalue weighted by Crippen LogP contribution is 2.29. The molecule has 188 valence electrons. The number of H-pyrrole nitrogens is 1. The molecule has 10 heteroatoms. The van der Waals surface area contributed by atoms with E-state index in [4.69, 9.17) is 15.5 Å². The molecule has 0 fully saturated rings. The van der Waals surface area contributed by atoms with E-state index in [9.17, 15) is 4.39 Å². The number of halogens is 1. The van der Waals surface area contributed by atoms with Crippen molar-refractivity contribution in [3.8, 4) is 0 Å². The maximum atomic E-state index is 14.6. The van der Waals surface area contributed by atoms with E-state index < -0.39 is 0 Å². The van der Waals surface area contributed by atoms with Gasteiger partial charge < -0.3 is 21.1 Å². The molecule has 0 aliphatic heterocycles. The van der Waals surface area contributed by atoms with Crippen LogP contribution in [-0.4, -0.2) is 42.7 Å². The number of thioether (sulfide) groups is 1. The summed E-state index contributed by atoms with van der Waals surface area (Å²) in [6, 6.07) is 6.86. The Kier molecular flexibility index (Phi) is 10.6. The molecular weight excluding hydrogens is 465 g/mol. The molecule has 1 heterocycles. The number of methoxy groups -OCH3 is 1. The molecule has 0 unspecified atom stereocenters. The van der Waals surface area contributed by atoms with E-state index in [1.165, 1.54) is 24.0 Å². The predicted octanol–water partition coefficient (Wildman–Crippen LogP) is 5.61. The number of nitrogens with zero attached hydrogens (tertiary/aromatic N) is 3. The third-order valence-electron chi connectivity index (χ3n) is 5.06. The van der Waals surface area contributed by atoms with Gasteiger partial charge in [0.25, 0.3) is 0 Å². The molecule has 0 aliphatic rings. The van der Waals surface area contributed by atoms with Crippen molar-refractivity contribution in [1.82, 2.24) is 10.2 Å². The highest BCUT2D eigenvalue weighted by molar-refractivity contribution is 7.98. The van der Waals surface area contributed by atoms with Crippen LogP contribution in [-0.2, 0) is 4.74 Å². The third-order valence-corrected chi connectivity index (χ3v) is 5.79. The minimum Gasteiger partial charge on any atom is -0.492 e. The number of hydrogen-bond acceptors (Lipinski definition) is 7. The van der Waals surface area contributed by atoms with Gasteiger partial charge >= 0.3 is 0 Å². The molecular formula is C25H34FN7OS. The average molecular weight is 500 g/mol. The summed E-state index contributed by atoms with van der Waals surface area (Å²) in [5, 5.41) is 13.4. The van der Waals surface area contributed by atoms with Gasteiger partial charge in [-0.3, -0.25) is 10.1 Å². The Balaban J connectivity index is 2.67. The summed E-state index contributed by atoms with van der Waals surface area (Å²) in [7, 11) is 3.24. The Morgan fingerprint density at radius 1 is 1.29 bits per heavy atom. The Labute approximate surface area is 210 Å². The number of amidine groups is 1. The fourth-order valence-electron chi connectivity index (χ4n) is 3.25. The lowest BCUT2D eigenvalue weighted by Crippen LogP contribution is -2.15. The number of aryl methyl sites for hydroxylation is 1. The largest absolute Gasteiger partial charge is 0.492 e. The number of benzene rings is 1. The Morgan fingerprint density at radius 3 is 2.54 bits per heavy atom. The maximum Gasteiger partial charge on any atom is 0.176 e. The quantitative estimate of drug-likeness (QED) is 0.111. The third kappa shape index (κ3) is 7.48. The van der Waals surface area contributed by atoms with Gasteiger partial charge in [0.2, 0.25) is 0 Å². The zero-order valence-corrected chi connectivity index (χ0v) is 22.1. The fourth-order valence-corrected chi connectivity index (χ4v) is 3.67. The van der Waals surface area contributed by atoms with Crippen molar-refractivity contribution in [2.45, 2.75) is 39.0 Å². The van der Waals surface area contributed by atoms with Crippen molar-refractivity contribution in [3.63, 3.8) is 0 Å². The highest BCUT2D eigenvalue weighted by Gasteiger charge is 2.20. The van der Waals surface area contributed by atoms with Crippen molar-refractivity contribution in [2.75, 3.05) is 31.0 Å². The van der Waals surface area contributed by atoms with Gasteiger partial charge in [-0.15, -0.1) is 11.8 Å². The lowest BCUT2D eigenvalue weighted by Gasteiger charge is -2.19. The van der Waals surface area contributed by atoms with E-state index in [0.717, 1.165) is 28.2 Å². The molecule has 35 heavy (non-hydrogen) atoms. The van der Waals surface area contributed by atoms with Crippen molar-refractivity contribution in [3.05, 3.63) is 70.3 Å². The number of nitrogens with two attached hydrogens (primary N) is 1. The summed E-state index contributed by atoms with van der Waals surface area (Å²) < 4.78 is 20.4. The molecule has 1 aromatic carbocycles. The van der Waals surface area contributed by atoms with Crippen LogP contribution >= 0.6 is 11.8 Å². The van der Waals surface area contributed by atoms with Gasteiger partial charge in [0.15, 0.2) is 17.4 Å². The summed E-state index contributed by atoms with van der Waals surface area (Å²) >= 11 is 1.47. The smallest absolute Gasteiger partial charge is 0.176 e. The molecule has 0 bridgehead atoms. The Morgan fingerprint density at radius 2 is 2.03 bits per heavy atom. The fraction of sp³-hybridized carbons (Fsp3) is 0.320. The zero-order chi connectivity index (χ0) is 26.0. The molecule has 0 atom stereocenters. The minimum absolute atomic E-state index is 0.319. The highest BCUT2D eigenvalue weighted by atomic mass is 32.2. The van der Waals surface area contributed by atoms with Gasteiger partial charge in [-0.25, -0.2) is 9.38 Å². The Bertz CT molecular complexity index is 1180. The molecule has 0 radical (unpaired) electrons. The van der Waals surface area contributed by atoms with Crippen molar-refractivity contribution in [1.29, 1.82) is 0 Å². The number of hydrogen-bond donors (Lipinski definition) is 4. The van der Waals surface area contributed by atoms with Crippen LogP contribution in [0.25, 0.3) is 0 Å². The summed E-state index contributed by atoms with van der Waals surface area (Å²) in [6.45, 7) is 7.68. The molecule has 0 spiro atoms. The van der Waals surface area contributed by atoms with Crippen LogP contribution in [0.15, 0.2) is 73.6 Å². The van der Waals surface area contributed by atoms with Crippen LogP contribution < -0.4 is 16.4 Å². The van der Waals surface area contributed by atoms with Crippen LogP contribution in [0.2, 0.25) is 0 Å². The summed E-state index contributed by atoms with van der Waals surface area (Å²) in [5.74, 6) is 1.45. The second kappa shape index (κ2) is 13.4. The monoisotopic (exact) mass is 499 g/mol. The molecule has 0 aliphatic carbocycles. The Hall–Kier alpha value is -3.53. The maximum absolute atomic E-state index is 14.6. The number of allylic oxidation sites excluding steroid dienone is 2. The molecule has 0 saturated heterocycles. The SMILES string of the molecule is CC/C(C)=C(C(\C=NC)=C\N)/C(OC)=C(\N=C(/C)Nc1ccc(SC)cc1F)Nc1cc(C)[nH]n1. The predicted molar refractivity (Wildman–Crippen MR) is 146 cm³/mol. The van der Waals surface area contributed by atoms with E-state index >= 15 is 0 Å². The summed E-state index contributed by atoms with van der Waals surface area (Å²) in [6.07, 6.45) is 5.80. The van der Waals surface area contributed by atoms with E-state index in [0.29, 0.717) is 34.5 Å². The first-order chi connectivity index (χ1) is 16.8. The number of aliphatic imine (C=N–C) groups is 2. The second-order valence-electron chi connectivity index (χ2n) is 7.63.